The van der Waals surface area contributed by atoms with Gasteiger partial charge in [0.1, 0.15) is 17.0 Å². The third-order valence-corrected chi connectivity index (χ3v) is 4.91. The zero-order valence-electron chi connectivity index (χ0n) is 16.4. The summed E-state index contributed by atoms with van der Waals surface area (Å²) in [6.07, 6.45) is 6.01. The van der Waals surface area contributed by atoms with Crippen LogP contribution in [0, 0.1) is 0 Å². The van der Waals surface area contributed by atoms with E-state index < -0.39 is 11.5 Å². The van der Waals surface area contributed by atoms with Crippen LogP contribution >= 0.6 is 0 Å². The normalized spacial score (nSPS) is 15.1. The number of carbonyl (C=O) groups excluding carboxylic acids is 1. The van der Waals surface area contributed by atoms with E-state index in [9.17, 15) is 14.7 Å². The first-order chi connectivity index (χ1) is 12.5. The van der Waals surface area contributed by atoms with E-state index in [-0.39, 0.29) is 68.7 Å². The van der Waals surface area contributed by atoms with E-state index in [1.165, 1.54) is 30.0 Å². The van der Waals surface area contributed by atoms with Crippen LogP contribution in [0.2, 0.25) is 0 Å². The predicted molar refractivity (Wildman–Crippen MR) is 105 cm³/mol. The molecule has 0 spiro atoms. The van der Waals surface area contributed by atoms with Gasteiger partial charge in [0.05, 0.1) is 11.6 Å². The molecule has 3 rings (SSSR count). The van der Waals surface area contributed by atoms with Crippen molar-refractivity contribution in [1.82, 2.24) is 25.0 Å². The van der Waals surface area contributed by atoms with E-state index in [2.05, 4.69) is 20.4 Å². The minimum Gasteiger partial charge on any atom is -0.506 e. The second kappa shape index (κ2) is 10.2. The van der Waals surface area contributed by atoms with Crippen LogP contribution in [0.3, 0.4) is 0 Å². The van der Waals surface area contributed by atoms with Crippen LogP contribution in [0.25, 0.3) is 11.0 Å². The summed E-state index contributed by atoms with van der Waals surface area (Å²) in [4.78, 5) is 27.7. The van der Waals surface area contributed by atoms with Crippen LogP contribution in [0.1, 0.15) is 55.9 Å². The van der Waals surface area contributed by atoms with Crippen LogP contribution in [-0.2, 0) is 0 Å². The summed E-state index contributed by atoms with van der Waals surface area (Å²) in [6, 6.07) is -0.170. The molecule has 27 heavy (non-hydrogen) atoms. The number of amides is 1. The van der Waals surface area contributed by atoms with Gasteiger partial charge in [-0.1, -0.05) is 6.42 Å². The monoisotopic (exact) mass is 400 g/mol. The van der Waals surface area contributed by atoms with E-state index in [4.69, 9.17) is 0 Å². The molecule has 0 aliphatic carbocycles. The molecule has 3 N–H and O–H groups in total. The van der Waals surface area contributed by atoms with Gasteiger partial charge in [-0.2, -0.15) is 5.10 Å². The molecule has 0 aromatic carbocycles. The standard InChI is InChI=1S/C18H27N5O3.K/c1-12(2)23-16-13(11-20-21-16)15(24)14(18(23)26)17(25)19-7-6-10-22-8-4-3-5-9-22;/h11-12,24H,3-10H2,1-2H3,(H,19,25)(H,20,21);. The van der Waals surface area contributed by atoms with Gasteiger partial charge in [-0.25, -0.2) is 0 Å². The number of nitrogens with zero attached hydrogens (tertiary/aromatic N) is 3. The Kier molecular flexibility index (Phi) is 8.51. The number of aromatic amines is 1. The topological polar surface area (TPSA) is 103 Å². The Hall–Kier alpha value is -0.714. The van der Waals surface area contributed by atoms with E-state index in [0.717, 1.165) is 26.1 Å². The number of aromatic nitrogens is 3. The first-order valence-corrected chi connectivity index (χ1v) is 9.31. The van der Waals surface area contributed by atoms with Gasteiger partial charge in [0, 0.05) is 64.0 Å². The summed E-state index contributed by atoms with van der Waals surface area (Å²) in [7, 11) is 0. The number of fused-ring (bicyclic) bond motifs is 1. The summed E-state index contributed by atoms with van der Waals surface area (Å²) < 4.78 is 1.45. The summed E-state index contributed by atoms with van der Waals surface area (Å²) in [6.45, 7) is 7.33. The average Bonchev–Trinajstić information content (AvgIpc) is 3.09. The van der Waals surface area contributed by atoms with Gasteiger partial charge in [-0.15, -0.1) is 0 Å². The molecule has 1 radical (unpaired) electrons. The molecular formula is C18H27KN5O3. The van der Waals surface area contributed by atoms with Crippen LogP contribution in [0.5, 0.6) is 5.75 Å². The minimum atomic E-state index is -0.538. The third-order valence-electron chi connectivity index (χ3n) is 4.91. The van der Waals surface area contributed by atoms with E-state index in [1.807, 2.05) is 13.8 Å². The molecule has 0 bridgehead atoms. The molecule has 1 aliphatic heterocycles. The van der Waals surface area contributed by atoms with Crippen molar-refractivity contribution in [2.75, 3.05) is 26.2 Å². The molecule has 2 aromatic rings. The first-order valence-electron chi connectivity index (χ1n) is 9.31. The van der Waals surface area contributed by atoms with Crippen molar-refractivity contribution in [1.29, 1.82) is 0 Å². The second-order valence-electron chi connectivity index (χ2n) is 7.14. The van der Waals surface area contributed by atoms with Crippen LogP contribution in [0.4, 0.5) is 0 Å². The molecule has 0 saturated carbocycles. The Morgan fingerprint density at radius 2 is 2.04 bits per heavy atom. The molecule has 8 nitrogen and oxygen atoms in total. The molecule has 1 amide bonds. The Morgan fingerprint density at radius 1 is 1.33 bits per heavy atom. The quantitative estimate of drug-likeness (QED) is 0.500. The van der Waals surface area contributed by atoms with Gasteiger partial charge < -0.3 is 15.3 Å². The van der Waals surface area contributed by atoms with Crippen molar-refractivity contribution in [3.63, 3.8) is 0 Å². The molecule has 1 fully saturated rings. The molecular weight excluding hydrogens is 373 g/mol. The molecule has 143 valence electrons. The van der Waals surface area contributed by atoms with Gasteiger partial charge in [0.2, 0.25) is 0 Å². The van der Waals surface area contributed by atoms with Gasteiger partial charge in [0.15, 0.2) is 0 Å². The van der Waals surface area contributed by atoms with Gasteiger partial charge in [0.25, 0.3) is 11.5 Å². The number of H-pyrrole nitrogens is 1. The Balaban J connectivity index is 0.00000261. The average molecular weight is 401 g/mol. The van der Waals surface area contributed by atoms with E-state index >= 15 is 0 Å². The SMILES string of the molecule is CC(C)n1c(=O)c(C(=O)NCCCN2CCCCC2)c(O)c2cn[nH]c21.[K]. The number of hydrogen-bond acceptors (Lipinski definition) is 5. The number of pyridine rings is 1. The largest absolute Gasteiger partial charge is 0.506 e. The number of hydrogen-bond donors (Lipinski definition) is 3. The van der Waals surface area contributed by atoms with Crippen molar-refractivity contribution < 1.29 is 9.90 Å². The molecule has 0 atom stereocenters. The Labute approximate surface area is 201 Å². The zero-order chi connectivity index (χ0) is 18.7. The maximum atomic E-state index is 12.8. The third kappa shape index (κ3) is 5.02. The Morgan fingerprint density at radius 3 is 2.70 bits per heavy atom. The van der Waals surface area contributed by atoms with Crippen molar-refractivity contribution in [3.05, 3.63) is 22.1 Å². The summed E-state index contributed by atoms with van der Waals surface area (Å²) >= 11 is 0. The number of piperidine rings is 1. The predicted octanol–water partition coefficient (Wildman–Crippen LogP) is 1.24. The van der Waals surface area contributed by atoms with Crippen LogP contribution < -0.4 is 10.9 Å². The molecule has 1 aliphatic rings. The number of rotatable bonds is 6. The summed E-state index contributed by atoms with van der Waals surface area (Å²) in [5.74, 6) is -0.854. The fraction of sp³-hybridized carbons (Fsp3) is 0.611. The number of aromatic hydroxyl groups is 1. The van der Waals surface area contributed by atoms with Gasteiger partial charge in [-0.3, -0.25) is 19.3 Å². The second-order valence-corrected chi connectivity index (χ2v) is 7.14. The molecule has 0 unspecified atom stereocenters. The van der Waals surface area contributed by atoms with Crippen molar-refractivity contribution in [2.45, 2.75) is 45.6 Å². The molecule has 2 aromatic heterocycles. The maximum Gasteiger partial charge on any atom is 0.269 e. The zero-order valence-corrected chi connectivity index (χ0v) is 19.5. The number of carbonyl (C=O) groups is 1. The van der Waals surface area contributed by atoms with Crippen molar-refractivity contribution >= 4 is 68.3 Å². The van der Waals surface area contributed by atoms with Crippen LogP contribution in [-0.4, -0.2) is 108 Å². The molecule has 3 heterocycles. The maximum absolute atomic E-state index is 12.8. The van der Waals surface area contributed by atoms with Gasteiger partial charge in [-0.05, 0) is 52.7 Å². The summed E-state index contributed by atoms with van der Waals surface area (Å²) in [5, 5.41) is 20.2. The molecule has 1 saturated heterocycles. The van der Waals surface area contributed by atoms with E-state index in [0.29, 0.717) is 17.6 Å². The number of likely N-dealkylation sites (tertiary alicyclic amines) is 1. The van der Waals surface area contributed by atoms with Crippen molar-refractivity contribution in [2.24, 2.45) is 0 Å². The number of nitrogens with one attached hydrogen (secondary N) is 2. The minimum absolute atomic E-state index is 0. The first kappa shape index (κ1) is 22.6. The van der Waals surface area contributed by atoms with Crippen molar-refractivity contribution in [3.8, 4) is 5.75 Å². The fourth-order valence-corrected chi connectivity index (χ4v) is 3.57. The fourth-order valence-electron chi connectivity index (χ4n) is 3.57. The van der Waals surface area contributed by atoms with E-state index in [1.54, 1.807) is 0 Å². The van der Waals surface area contributed by atoms with Crippen LogP contribution in [0.15, 0.2) is 11.0 Å². The van der Waals surface area contributed by atoms with Gasteiger partial charge >= 0.3 is 0 Å². The molecule has 9 heteroatoms. The smallest absolute Gasteiger partial charge is 0.269 e. The summed E-state index contributed by atoms with van der Waals surface area (Å²) in [5.41, 5.74) is -0.308. The Bertz CT molecular complexity index is 839.